The zero-order valence-electron chi connectivity index (χ0n) is 12.2. The summed E-state index contributed by atoms with van der Waals surface area (Å²) in [6.45, 7) is 8.90. The van der Waals surface area contributed by atoms with Crippen molar-refractivity contribution in [1.29, 1.82) is 0 Å². The van der Waals surface area contributed by atoms with Crippen LogP contribution in [0.1, 0.15) is 47.0 Å². The quantitative estimate of drug-likeness (QED) is 0.737. The maximum absolute atomic E-state index is 11.2. The molecule has 2 atom stereocenters. The van der Waals surface area contributed by atoms with Crippen LogP contribution in [0.5, 0.6) is 0 Å². The molecule has 1 rings (SSSR count). The SMILES string of the molecule is BC(=O)NCC1(C)CC(NC(C)=O)CC(C)(C)C1. The predicted octanol–water partition coefficient (Wildman–Crippen LogP) is 1.05. The first kappa shape index (κ1) is 15.1. The zero-order valence-corrected chi connectivity index (χ0v) is 12.2. The lowest BCUT2D eigenvalue weighted by Crippen LogP contribution is -2.50. The Hall–Kier alpha value is -0.995. The van der Waals surface area contributed by atoms with Gasteiger partial charge in [-0.05, 0) is 30.1 Å². The Morgan fingerprint density at radius 3 is 2.39 bits per heavy atom. The van der Waals surface area contributed by atoms with Crippen LogP contribution in [0.4, 0.5) is 4.79 Å². The van der Waals surface area contributed by atoms with Gasteiger partial charge in [-0.25, -0.2) is 0 Å². The van der Waals surface area contributed by atoms with E-state index in [1.54, 1.807) is 14.8 Å². The number of hydrogen-bond acceptors (Lipinski definition) is 2. The van der Waals surface area contributed by atoms with E-state index < -0.39 is 0 Å². The molecule has 1 saturated carbocycles. The molecule has 2 unspecified atom stereocenters. The van der Waals surface area contributed by atoms with Gasteiger partial charge in [0.25, 0.3) is 0 Å². The van der Waals surface area contributed by atoms with Crippen molar-refractivity contribution in [1.82, 2.24) is 10.6 Å². The fourth-order valence-electron chi connectivity index (χ4n) is 3.50. The van der Waals surface area contributed by atoms with Crippen LogP contribution in [0.25, 0.3) is 0 Å². The van der Waals surface area contributed by atoms with Gasteiger partial charge in [-0.15, -0.1) is 0 Å². The molecule has 0 spiro atoms. The van der Waals surface area contributed by atoms with Crippen molar-refractivity contribution in [2.24, 2.45) is 10.8 Å². The Balaban J connectivity index is 2.72. The molecule has 18 heavy (non-hydrogen) atoms. The topological polar surface area (TPSA) is 58.2 Å². The van der Waals surface area contributed by atoms with Gasteiger partial charge < -0.3 is 10.6 Å². The number of hydrogen-bond donors (Lipinski definition) is 2. The molecule has 0 aliphatic heterocycles. The molecule has 0 saturated heterocycles. The minimum atomic E-state index is 0.00989. The fraction of sp³-hybridized carbons (Fsp3) is 0.846. The number of carbonyl (C=O) groups is 2. The highest BCUT2D eigenvalue weighted by atomic mass is 16.1. The molecular weight excluding hydrogens is 227 g/mol. The van der Waals surface area contributed by atoms with Crippen molar-refractivity contribution < 1.29 is 9.59 Å². The Labute approximate surface area is 111 Å². The third-order valence-corrected chi connectivity index (χ3v) is 3.62. The largest absolute Gasteiger partial charge is 0.365 e. The van der Waals surface area contributed by atoms with Gasteiger partial charge in [0.05, 0.1) is 0 Å². The first-order chi connectivity index (χ1) is 8.12. The van der Waals surface area contributed by atoms with Crippen molar-refractivity contribution in [3.8, 4) is 0 Å². The number of rotatable bonds is 3. The van der Waals surface area contributed by atoms with Gasteiger partial charge in [-0.2, -0.15) is 0 Å². The molecule has 4 nitrogen and oxygen atoms in total. The van der Waals surface area contributed by atoms with E-state index in [0.717, 1.165) is 19.3 Å². The molecule has 1 fully saturated rings. The summed E-state index contributed by atoms with van der Waals surface area (Å²) < 4.78 is 0. The molecule has 0 aromatic rings. The van der Waals surface area contributed by atoms with Crippen LogP contribution in [0, 0.1) is 10.8 Å². The first-order valence-corrected chi connectivity index (χ1v) is 6.63. The molecule has 2 amide bonds. The van der Waals surface area contributed by atoms with Gasteiger partial charge >= 0.3 is 0 Å². The van der Waals surface area contributed by atoms with Crippen LogP contribution in [-0.2, 0) is 4.79 Å². The summed E-state index contributed by atoms with van der Waals surface area (Å²) in [5.74, 6) is 0.0373. The van der Waals surface area contributed by atoms with Crippen LogP contribution in [0.2, 0.25) is 0 Å². The van der Waals surface area contributed by atoms with E-state index in [0.29, 0.717) is 6.54 Å². The molecular formula is C13H25BN2O2. The number of amides is 2. The maximum Gasteiger partial charge on any atom is 0.217 e. The molecule has 2 N–H and O–H groups in total. The van der Waals surface area contributed by atoms with E-state index in [2.05, 4.69) is 31.4 Å². The Morgan fingerprint density at radius 1 is 1.28 bits per heavy atom. The van der Waals surface area contributed by atoms with Gasteiger partial charge in [0.15, 0.2) is 5.81 Å². The van der Waals surface area contributed by atoms with Gasteiger partial charge in [-0.3, -0.25) is 9.59 Å². The van der Waals surface area contributed by atoms with Crippen molar-refractivity contribution in [2.45, 2.75) is 53.0 Å². The van der Waals surface area contributed by atoms with Crippen molar-refractivity contribution >= 4 is 19.6 Å². The second-order valence-corrected chi connectivity index (χ2v) is 6.87. The molecule has 0 bridgehead atoms. The van der Waals surface area contributed by atoms with Crippen molar-refractivity contribution in [3.05, 3.63) is 0 Å². The summed E-state index contributed by atoms with van der Waals surface area (Å²) in [5.41, 5.74) is 0.249. The third kappa shape index (κ3) is 4.71. The van der Waals surface area contributed by atoms with Crippen molar-refractivity contribution in [3.63, 3.8) is 0 Å². The standard InChI is InChI=1S/C13H25BN2O2/c1-9(17)16-10-5-12(2,3)7-13(4,6-10)8-15-11(14)18/h10H,5-8,14H2,1-4H3,(H,15,18)(H,16,17). The van der Waals surface area contributed by atoms with Crippen LogP contribution < -0.4 is 10.6 Å². The third-order valence-electron chi connectivity index (χ3n) is 3.62. The van der Waals surface area contributed by atoms with Crippen LogP contribution in [0.15, 0.2) is 0 Å². The summed E-state index contributed by atoms with van der Waals surface area (Å²) in [5, 5.41) is 5.94. The zero-order chi connectivity index (χ0) is 14.0. The fourth-order valence-corrected chi connectivity index (χ4v) is 3.50. The summed E-state index contributed by atoms with van der Waals surface area (Å²) in [6.07, 6.45) is 2.99. The van der Waals surface area contributed by atoms with E-state index in [1.165, 1.54) is 0 Å². The van der Waals surface area contributed by atoms with E-state index in [-0.39, 0.29) is 28.6 Å². The Morgan fingerprint density at radius 2 is 1.89 bits per heavy atom. The lowest BCUT2D eigenvalue weighted by atomic mass is 9.62. The van der Waals surface area contributed by atoms with Crippen molar-refractivity contribution in [2.75, 3.05) is 6.54 Å². The average molecular weight is 252 g/mol. The molecule has 102 valence electrons. The Kier molecular flexibility index (Phi) is 4.46. The second-order valence-electron chi connectivity index (χ2n) is 6.87. The van der Waals surface area contributed by atoms with Gasteiger partial charge in [0.1, 0.15) is 0 Å². The van der Waals surface area contributed by atoms with E-state index in [9.17, 15) is 9.59 Å². The van der Waals surface area contributed by atoms with Gasteiger partial charge in [-0.1, -0.05) is 20.8 Å². The molecule has 5 heteroatoms. The molecule has 0 radical (unpaired) electrons. The van der Waals surface area contributed by atoms with Crippen LogP contribution in [0.3, 0.4) is 0 Å². The maximum atomic E-state index is 11.2. The van der Waals surface area contributed by atoms with E-state index >= 15 is 0 Å². The molecule has 0 heterocycles. The smallest absolute Gasteiger partial charge is 0.217 e. The molecule has 1 aliphatic carbocycles. The molecule has 0 aromatic heterocycles. The average Bonchev–Trinajstić information content (AvgIpc) is 2.10. The lowest BCUT2D eigenvalue weighted by Gasteiger charge is -2.46. The van der Waals surface area contributed by atoms with E-state index in [1.807, 2.05) is 0 Å². The first-order valence-electron chi connectivity index (χ1n) is 6.63. The highest BCUT2D eigenvalue weighted by molar-refractivity contribution is 6.57. The van der Waals surface area contributed by atoms with Crippen LogP contribution >= 0.6 is 0 Å². The molecule has 1 aliphatic rings. The normalized spacial score (nSPS) is 30.6. The highest BCUT2D eigenvalue weighted by Gasteiger charge is 2.41. The summed E-state index contributed by atoms with van der Waals surface area (Å²) >= 11 is 0. The number of carbonyl (C=O) groups excluding carboxylic acids is 2. The van der Waals surface area contributed by atoms with Gasteiger partial charge in [0, 0.05) is 19.5 Å². The Bertz CT molecular complexity index is 344. The minimum Gasteiger partial charge on any atom is -0.365 e. The molecule has 0 aromatic carbocycles. The summed E-state index contributed by atoms with van der Waals surface area (Å²) in [6, 6.07) is 0.213. The summed E-state index contributed by atoms with van der Waals surface area (Å²) in [4.78, 5) is 22.3. The second kappa shape index (κ2) is 5.33. The van der Waals surface area contributed by atoms with Crippen LogP contribution in [-0.4, -0.2) is 32.1 Å². The van der Waals surface area contributed by atoms with E-state index in [4.69, 9.17) is 0 Å². The summed E-state index contributed by atoms with van der Waals surface area (Å²) in [7, 11) is 1.54. The number of nitrogens with one attached hydrogen (secondary N) is 2. The highest BCUT2D eigenvalue weighted by Crippen LogP contribution is 2.45. The predicted molar refractivity (Wildman–Crippen MR) is 75.3 cm³/mol. The lowest BCUT2D eigenvalue weighted by molar-refractivity contribution is -0.120. The monoisotopic (exact) mass is 252 g/mol. The van der Waals surface area contributed by atoms with Gasteiger partial charge in [0.2, 0.25) is 13.8 Å². The minimum absolute atomic E-state index is 0.00989.